The summed E-state index contributed by atoms with van der Waals surface area (Å²) in [6.07, 6.45) is 0. The Kier molecular flexibility index (Phi) is 4.41. The first-order chi connectivity index (χ1) is 9.81. The van der Waals surface area contributed by atoms with Gasteiger partial charge >= 0.3 is 5.97 Å². The van der Waals surface area contributed by atoms with Crippen molar-refractivity contribution in [1.82, 2.24) is 0 Å². The second-order valence-corrected chi connectivity index (χ2v) is 6.50. The van der Waals surface area contributed by atoms with Gasteiger partial charge in [0, 0.05) is 0 Å². The van der Waals surface area contributed by atoms with Gasteiger partial charge in [-0.1, -0.05) is 29.3 Å². The fraction of sp³-hybridized carbons (Fsp3) is 0. The van der Waals surface area contributed by atoms with E-state index >= 15 is 0 Å². The summed E-state index contributed by atoms with van der Waals surface area (Å²) in [7, 11) is -3.88. The Labute approximate surface area is 131 Å². The average molecular weight is 346 g/mol. The molecular weight excluding hydrogens is 337 g/mol. The molecule has 0 amide bonds. The highest BCUT2D eigenvalue weighted by Crippen LogP contribution is 2.31. The van der Waals surface area contributed by atoms with Crippen molar-refractivity contribution >= 4 is 44.9 Å². The van der Waals surface area contributed by atoms with Crippen LogP contribution in [0.25, 0.3) is 0 Å². The Hall–Kier alpha value is -1.76. The number of benzene rings is 2. The van der Waals surface area contributed by atoms with E-state index in [-0.39, 0.29) is 26.2 Å². The zero-order valence-corrected chi connectivity index (χ0v) is 12.7. The van der Waals surface area contributed by atoms with Gasteiger partial charge < -0.3 is 5.11 Å². The van der Waals surface area contributed by atoms with Crippen LogP contribution in [0.15, 0.2) is 47.4 Å². The van der Waals surface area contributed by atoms with Gasteiger partial charge in [0.1, 0.15) is 0 Å². The van der Waals surface area contributed by atoms with E-state index in [2.05, 4.69) is 4.72 Å². The molecule has 0 aliphatic rings. The van der Waals surface area contributed by atoms with Crippen molar-refractivity contribution in [2.45, 2.75) is 4.90 Å². The van der Waals surface area contributed by atoms with Gasteiger partial charge in [-0.15, -0.1) is 0 Å². The maximum atomic E-state index is 12.2. The third-order valence-corrected chi connectivity index (χ3v) is 4.81. The van der Waals surface area contributed by atoms with Gasteiger partial charge in [0.25, 0.3) is 10.0 Å². The van der Waals surface area contributed by atoms with Crippen LogP contribution >= 0.6 is 23.2 Å². The second-order valence-electron chi connectivity index (χ2n) is 4.04. The standard InChI is InChI=1S/C13H9Cl2NO4S/c14-10-2-1-3-11(12(10)15)16-21(19,20)9-6-4-8(5-7-9)13(17)18/h1-7,16H,(H,17,18). The number of carboxylic acid groups (broad SMARTS) is 1. The molecule has 2 aromatic carbocycles. The van der Waals surface area contributed by atoms with Crippen LogP contribution in [0.1, 0.15) is 10.4 Å². The molecule has 0 fully saturated rings. The van der Waals surface area contributed by atoms with Crippen LogP contribution in [0.3, 0.4) is 0 Å². The summed E-state index contributed by atoms with van der Waals surface area (Å²) in [5.41, 5.74) is 0.140. The number of hydrogen-bond acceptors (Lipinski definition) is 3. The lowest BCUT2D eigenvalue weighted by Crippen LogP contribution is -2.13. The molecule has 0 aromatic heterocycles. The summed E-state index contributed by atoms with van der Waals surface area (Å²) in [6.45, 7) is 0. The van der Waals surface area contributed by atoms with Gasteiger partial charge in [0.05, 0.1) is 26.2 Å². The van der Waals surface area contributed by atoms with E-state index in [0.717, 1.165) is 0 Å². The van der Waals surface area contributed by atoms with Crippen molar-refractivity contribution < 1.29 is 18.3 Å². The van der Waals surface area contributed by atoms with E-state index < -0.39 is 16.0 Å². The van der Waals surface area contributed by atoms with E-state index in [0.29, 0.717) is 0 Å². The molecule has 0 atom stereocenters. The molecule has 0 saturated heterocycles. The maximum Gasteiger partial charge on any atom is 0.335 e. The summed E-state index contributed by atoms with van der Waals surface area (Å²) in [5.74, 6) is -1.13. The first kappa shape index (κ1) is 15.6. The summed E-state index contributed by atoms with van der Waals surface area (Å²) < 4.78 is 26.7. The minimum Gasteiger partial charge on any atom is -0.478 e. The number of anilines is 1. The first-order valence-corrected chi connectivity index (χ1v) is 7.85. The van der Waals surface area contributed by atoms with Crippen LogP contribution in [0, 0.1) is 0 Å². The van der Waals surface area contributed by atoms with Crippen molar-refractivity contribution in [3.63, 3.8) is 0 Å². The van der Waals surface area contributed by atoms with Crippen molar-refractivity contribution in [2.24, 2.45) is 0 Å². The largest absolute Gasteiger partial charge is 0.478 e. The third-order valence-electron chi connectivity index (χ3n) is 2.61. The van der Waals surface area contributed by atoms with Crippen LogP contribution in [0.4, 0.5) is 5.69 Å². The third kappa shape index (κ3) is 3.47. The fourth-order valence-corrected chi connectivity index (χ4v) is 3.04. The second kappa shape index (κ2) is 5.93. The van der Waals surface area contributed by atoms with Gasteiger partial charge in [0.2, 0.25) is 0 Å². The van der Waals surface area contributed by atoms with Crippen molar-refractivity contribution in [2.75, 3.05) is 4.72 Å². The van der Waals surface area contributed by atoms with E-state index in [1.54, 1.807) is 6.07 Å². The normalized spacial score (nSPS) is 11.1. The molecular formula is C13H9Cl2NO4S. The number of sulfonamides is 1. The fourth-order valence-electron chi connectivity index (χ4n) is 1.56. The Morgan fingerprint density at radius 2 is 1.67 bits per heavy atom. The van der Waals surface area contributed by atoms with Crippen LogP contribution in [0.2, 0.25) is 10.0 Å². The van der Waals surface area contributed by atoms with Gasteiger partial charge in [0.15, 0.2) is 0 Å². The number of aromatic carboxylic acids is 1. The van der Waals surface area contributed by atoms with Crippen LogP contribution in [-0.4, -0.2) is 19.5 Å². The number of rotatable bonds is 4. The Balaban J connectivity index is 2.34. The number of hydrogen-bond donors (Lipinski definition) is 2. The molecule has 5 nitrogen and oxygen atoms in total. The van der Waals surface area contributed by atoms with Crippen LogP contribution in [0.5, 0.6) is 0 Å². The molecule has 0 aliphatic carbocycles. The molecule has 0 aliphatic heterocycles. The summed E-state index contributed by atoms with van der Waals surface area (Å²) >= 11 is 11.7. The first-order valence-electron chi connectivity index (χ1n) is 5.61. The van der Waals surface area contributed by atoms with Crippen molar-refractivity contribution in [3.8, 4) is 0 Å². The molecule has 0 bridgehead atoms. The van der Waals surface area contributed by atoms with Crippen molar-refractivity contribution in [3.05, 3.63) is 58.1 Å². The molecule has 2 N–H and O–H groups in total. The lowest BCUT2D eigenvalue weighted by atomic mass is 10.2. The van der Waals surface area contributed by atoms with Crippen molar-refractivity contribution in [1.29, 1.82) is 0 Å². The molecule has 0 radical (unpaired) electrons. The minimum absolute atomic E-state index is 0.00487. The minimum atomic E-state index is -3.88. The highest BCUT2D eigenvalue weighted by molar-refractivity contribution is 7.92. The zero-order valence-electron chi connectivity index (χ0n) is 10.4. The SMILES string of the molecule is O=C(O)c1ccc(S(=O)(=O)Nc2cccc(Cl)c2Cl)cc1. The summed E-state index contributed by atoms with van der Waals surface area (Å²) in [6, 6.07) is 9.36. The van der Waals surface area contributed by atoms with Gasteiger partial charge in [-0.05, 0) is 36.4 Å². The molecule has 110 valence electrons. The lowest BCUT2D eigenvalue weighted by molar-refractivity contribution is 0.0697. The molecule has 0 spiro atoms. The van der Waals surface area contributed by atoms with Crippen LogP contribution < -0.4 is 4.72 Å². The summed E-state index contributed by atoms with van der Waals surface area (Å²) in [5, 5.41) is 9.09. The average Bonchev–Trinajstić information content (AvgIpc) is 2.44. The Morgan fingerprint density at radius 3 is 2.24 bits per heavy atom. The highest BCUT2D eigenvalue weighted by Gasteiger charge is 2.17. The van der Waals surface area contributed by atoms with E-state index in [4.69, 9.17) is 28.3 Å². The monoisotopic (exact) mass is 345 g/mol. The smallest absolute Gasteiger partial charge is 0.335 e. The van der Waals surface area contributed by atoms with E-state index in [1.807, 2.05) is 0 Å². The number of halogens is 2. The molecule has 2 rings (SSSR count). The summed E-state index contributed by atoms with van der Waals surface area (Å²) in [4.78, 5) is 10.7. The van der Waals surface area contributed by atoms with E-state index in [9.17, 15) is 13.2 Å². The van der Waals surface area contributed by atoms with E-state index in [1.165, 1.54) is 36.4 Å². The Bertz CT molecular complexity index is 788. The van der Waals surface area contributed by atoms with Gasteiger partial charge in [-0.25, -0.2) is 13.2 Å². The number of nitrogens with one attached hydrogen (secondary N) is 1. The molecule has 2 aromatic rings. The maximum absolute atomic E-state index is 12.2. The number of carboxylic acids is 1. The predicted molar refractivity (Wildman–Crippen MR) is 80.7 cm³/mol. The van der Waals surface area contributed by atoms with Crippen LogP contribution in [-0.2, 0) is 10.0 Å². The molecule has 0 heterocycles. The lowest BCUT2D eigenvalue weighted by Gasteiger charge is -2.10. The quantitative estimate of drug-likeness (QED) is 0.888. The molecule has 21 heavy (non-hydrogen) atoms. The molecule has 0 saturated carbocycles. The zero-order chi connectivity index (χ0) is 15.6. The van der Waals surface area contributed by atoms with Gasteiger partial charge in [-0.2, -0.15) is 0 Å². The Morgan fingerprint density at radius 1 is 1.05 bits per heavy atom. The predicted octanol–water partition coefficient (Wildman–Crippen LogP) is 3.49. The highest BCUT2D eigenvalue weighted by atomic mass is 35.5. The topological polar surface area (TPSA) is 83.5 Å². The van der Waals surface area contributed by atoms with Gasteiger partial charge in [-0.3, -0.25) is 4.72 Å². The molecule has 8 heteroatoms. The number of carbonyl (C=O) groups is 1. The molecule has 0 unspecified atom stereocenters.